The molecular weight excluding hydrogens is 392 g/mol. The summed E-state index contributed by atoms with van der Waals surface area (Å²) in [5, 5.41) is 8.28. The molecule has 1 aromatic heterocycles. The molecule has 2 heterocycles. The van der Waals surface area contributed by atoms with Crippen molar-refractivity contribution in [3.63, 3.8) is 0 Å². The number of aromatic nitrogens is 2. The van der Waals surface area contributed by atoms with E-state index >= 15 is 0 Å². The molecule has 8 heteroatoms. The molecule has 0 spiro atoms. The fourth-order valence-electron chi connectivity index (χ4n) is 2.78. The van der Waals surface area contributed by atoms with E-state index in [4.69, 9.17) is 18.6 Å². The summed E-state index contributed by atoms with van der Waals surface area (Å²) in [6, 6.07) is 11.2. The molecule has 0 amide bonds. The number of fused-ring (bicyclic) bond motifs is 1. The van der Waals surface area contributed by atoms with Crippen LogP contribution in [0.1, 0.15) is 27.4 Å². The van der Waals surface area contributed by atoms with E-state index in [1.54, 1.807) is 18.2 Å². The van der Waals surface area contributed by atoms with Crippen LogP contribution in [-0.2, 0) is 6.61 Å². The Morgan fingerprint density at radius 3 is 2.76 bits per heavy atom. The SMILES string of the molecule is Cc1ccc(C)c(OCc2nnc(SCC(=O)c3ccc4c(c3)OCCO4)o2)c1. The highest BCUT2D eigenvalue weighted by Crippen LogP contribution is 2.31. The molecule has 0 atom stereocenters. The number of hydrogen-bond donors (Lipinski definition) is 0. The summed E-state index contributed by atoms with van der Waals surface area (Å²) >= 11 is 1.19. The van der Waals surface area contributed by atoms with Gasteiger partial charge in [0.15, 0.2) is 23.9 Å². The van der Waals surface area contributed by atoms with Crippen LogP contribution >= 0.6 is 11.8 Å². The predicted molar refractivity (Wildman–Crippen MR) is 107 cm³/mol. The smallest absolute Gasteiger partial charge is 0.277 e. The van der Waals surface area contributed by atoms with Crippen LogP contribution in [0, 0.1) is 13.8 Å². The van der Waals surface area contributed by atoms with Gasteiger partial charge in [-0.1, -0.05) is 23.9 Å². The van der Waals surface area contributed by atoms with Gasteiger partial charge in [-0.2, -0.15) is 0 Å². The molecule has 2 aromatic carbocycles. The lowest BCUT2D eigenvalue weighted by molar-refractivity contribution is 0.102. The highest BCUT2D eigenvalue weighted by molar-refractivity contribution is 7.99. The lowest BCUT2D eigenvalue weighted by atomic mass is 10.1. The third-order valence-electron chi connectivity index (χ3n) is 4.33. The second kappa shape index (κ2) is 8.57. The zero-order chi connectivity index (χ0) is 20.2. The predicted octanol–water partition coefficient (Wildman–Crippen LogP) is 4.01. The number of aryl methyl sites for hydroxylation is 2. The van der Waals surface area contributed by atoms with Gasteiger partial charge in [-0.15, -0.1) is 10.2 Å². The number of rotatable bonds is 7. The van der Waals surface area contributed by atoms with Crippen molar-refractivity contribution >= 4 is 17.5 Å². The molecule has 0 radical (unpaired) electrons. The molecule has 0 fully saturated rings. The second-order valence-corrected chi connectivity index (χ2v) is 7.52. The van der Waals surface area contributed by atoms with Gasteiger partial charge in [-0.25, -0.2) is 0 Å². The fourth-order valence-corrected chi connectivity index (χ4v) is 3.46. The van der Waals surface area contributed by atoms with Gasteiger partial charge in [-0.3, -0.25) is 4.79 Å². The van der Waals surface area contributed by atoms with Crippen molar-refractivity contribution in [1.29, 1.82) is 0 Å². The number of benzene rings is 2. The van der Waals surface area contributed by atoms with E-state index in [2.05, 4.69) is 10.2 Å². The summed E-state index contributed by atoms with van der Waals surface area (Å²) < 4.78 is 22.3. The first-order valence-electron chi connectivity index (χ1n) is 9.16. The van der Waals surface area contributed by atoms with Crippen LogP contribution in [0.5, 0.6) is 17.2 Å². The fraction of sp³-hybridized carbons (Fsp3) is 0.286. The van der Waals surface area contributed by atoms with Gasteiger partial charge < -0.3 is 18.6 Å². The molecule has 0 unspecified atom stereocenters. The van der Waals surface area contributed by atoms with Gasteiger partial charge in [0, 0.05) is 5.56 Å². The van der Waals surface area contributed by atoms with E-state index in [9.17, 15) is 4.79 Å². The number of thioether (sulfide) groups is 1. The monoisotopic (exact) mass is 412 g/mol. The molecule has 0 saturated carbocycles. The Hall–Kier alpha value is -3.00. The first kappa shape index (κ1) is 19.3. The van der Waals surface area contributed by atoms with E-state index in [0.717, 1.165) is 16.9 Å². The molecule has 150 valence electrons. The summed E-state index contributed by atoms with van der Waals surface area (Å²) in [5.41, 5.74) is 2.71. The van der Waals surface area contributed by atoms with Gasteiger partial charge >= 0.3 is 0 Å². The summed E-state index contributed by atoms with van der Waals surface area (Å²) in [6.07, 6.45) is 0. The van der Waals surface area contributed by atoms with Crippen molar-refractivity contribution in [3.05, 3.63) is 59.0 Å². The molecule has 0 bridgehead atoms. The van der Waals surface area contributed by atoms with Gasteiger partial charge in [0.1, 0.15) is 19.0 Å². The Labute approximate surface area is 172 Å². The lowest BCUT2D eigenvalue weighted by Crippen LogP contribution is -2.16. The number of Topliss-reactive ketones (excluding diaryl/α,β-unsaturated/α-hetero) is 1. The molecule has 0 saturated heterocycles. The van der Waals surface area contributed by atoms with Crippen molar-refractivity contribution in [1.82, 2.24) is 10.2 Å². The maximum Gasteiger partial charge on any atom is 0.277 e. The van der Waals surface area contributed by atoms with Crippen LogP contribution in [0.3, 0.4) is 0 Å². The molecule has 0 N–H and O–H groups in total. The van der Waals surface area contributed by atoms with Crippen LogP contribution in [-0.4, -0.2) is 34.9 Å². The van der Waals surface area contributed by atoms with Crippen LogP contribution in [0.4, 0.5) is 0 Å². The molecule has 0 aliphatic carbocycles. The number of ketones is 1. The Balaban J connectivity index is 1.32. The van der Waals surface area contributed by atoms with E-state index in [0.29, 0.717) is 41.4 Å². The van der Waals surface area contributed by atoms with Crippen molar-refractivity contribution in [2.45, 2.75) is 25.7 Å². The van der Waals surface area contributed by atoms with E-state index < -0.39 is 0 Å². The number of hydrogen-bond acceptors (Lipinski definition) is 8. The van der Waals surface area contributed by atoms with Gasteiger partial charge in [0.2, 0.25) is 0 Å². The Kier molecular flexibility index (Phi) is 5.71. The van der Waals surface area contributed by atoms with E-state index in [-0.39, 0.29) is 18.1 Å². The molecular formula is C21H20N2O5S. The minimum Gasteiger partial charge on any atom is -0.486 e. The van der Waals surface area contributed by atoms with Gasteiger partial charge in [-0.05, 0) is 49.2 Å². The first-order valence-corrected chi connectivity index (χ1v) is 10.1. The zero-order valence-electron chi connectivity index (χ0n) is 16.1. The maximum absolute atomic E-state index is 12.5. The third-order valence-corrected chi connectivity index (χ3v) is 5.15. The topological polar surface area (TPSA) is 83.7 Å². The molecule has 3 aromatic rings. The average Bonchev–Trinajstić information content (AvgIpc) is 3.20. The number of ether oxygens (including phenoxy) is 3. The Bertz CT molecular complexity index is 1030. The van der Waals surface area contributed by atoms with Gasteiger partial charge in [0.25, 0.3) is 11.1 Å². The molecule has 1 aliphatic rings. The van der Waals surface area contributed by atoms with Crippen LogP contribution < -0.4 is 14.2 Å². The summed E-state index contributed by atoms with van der Waals surface area (Å²) in [7, 11) is 0. The zero-order valence-corrected chi connectivity index (χ0v) is 17.0. The lowest BCUT2D eigenvalue weighted by Gasteiger charge is -2.18. The van der Waals surface area contributed by atoms with Crippen LogP contribution in [0.15, 0.2) is 46.0 Å². The minimum atomic E-state index is -0.0571. The molecule has 4 rings (SSSR count). The summed E-state index contributed by atoms with van der Waals surface area (Å²) in [4.78, 5) is 12.5. The molecule has 29 heavy (non-hydrogen) atoms. The Morgan fingerprint density at radius 2 is 1.90 bits per heavy atom. The second-order valence-electron chi connectivity index (χ2n) is 6.59. The van der Waals surface area contributed by atoms with Crippen molar-refractivity contribution < 1.29 is 23.4 Å². The molecule has 1 aliphatic heterocycles. The van der Waals surface area contributed by atoms with Crippen molar-refractivity contribution in [2.24, 2.45) is 0 Å². The maximum atomic E-state index is 12.5. The van der Waals surface area contributed by atoms with Crippen molar-refractivity contribution in [3.8, 4) is 17.2 Å². The normalized spacial score (nSPS) is 12.6. The van der Waals surface area contributed by atoms with Gasteiger partial charge in [0.05, 0.1) is 5.75 Å². The number of carbonyl (C=O) groups excluding carboxylic acids is 1. The Morgan fingerprint density at radius 1 is 1.07 bits per heavy atom. The van der Waals surface area contributed by atoms with E-state index in [1.165, 1.54) is 11.8 Å². The first-order chi connectivity index (χ1) is 14.1. The standard InChI is InChI=1S/C21H20N2O5S/c1-13-3-4-14(2)18(9-13)27-11-20-22-23-21(28-20)29-12-16(24)15-5-6-17-19(10-15)26-8-7-25-17/h3-6,9-10H,7-8,11-12H2,1-2H3. The van der Waals surface area contributed by atoms with Crippen molar-refractivity contribution in [2.75, 3.05) is 19.0 Å². The van der Waals surface area contributed by atoms with Crippen LogP contribution in [0.25, 0.3) is 0 Å². The minimum absolute atomic E-state index is 0.0571. The van der Waals surface area contributed by atoms with Crippen LogP contribution in [0.2, 0.25) is 0 Å². The van der Waals surface area contributed by atoms with E-state index in [1.807, 2.05) is 32.0 Å². The highest BCUT2D eigenvalue weighted by atomic mass is 32.2. The number of carbonyl (C=O) groups is 1. The quantitative estimate of drug-likeness (QED) is 0.425. The largest absolute Gasteiger partial charge is 0.486 e. The number of nitrogens with zero attached hydrogens (tertiary/aromatic N) is 2. The average molecular weight is 412 g/mol. The summed E-state index contributed by atoms with van der Waals surface area (Å²) in [6.45, 7) is 5.16. The molecule has 7 nitrogen and oxygen atoms in total. The summed E-state index contributed by atoms with van der Waals surface area (Å²) in [5.74, 6) is 2.52. The third kappa shape index (κ3) is 4.71. The highest BCUT2D eigenvalue weighted by Gasteiger charge is 2.16.